The maximum absolute atomic E-state index is 11.8. The fraction of sp³-hybridized carbons (Fsp3) is 0.429. The Labute approximate surface area is 167 Å². The number of ether oxygens (including phenoxy) is 1. The standard InChI is InChI=1S/C21H27N3O2.ClH/c1-26-21(25)18-7-4-6-17(14-18)15-24(16-19-8-2-3-12-23-19)20-9-5-11-22-13-10-20;/h2-4,6-8,12,14,20,22H,5,9-11,13,15-16H2,1H3;1H. The van der Waals surface area contributed by atoms with E-state index in [9.17, 15) is 4.79 Å². The molecule has 0 amide bonds. The van der Waals surface area contributed by atoms with Gasteiger partial charge in [-0.05, 0) is 62.2 Å². The monoisotopic (exact) mass is 389 g/mol. The number of carbonyl (C=O) groups excluding carboxylic acids is 1. The molecule has 0 saturated carbocycles. The first kappa shape index (κ1) is 21.4. The highest BCUT2D eigenvalue weighted by molar-refractivity contribution is 5.89. The number of hydrogen-bond donors (Lipinski definition) is 1. The molecular formula is C21H28ClN3O2. The molecule has 0 bridgehead atoms. The van der Waals surface area contributed by atoms with Crippen LogP contribution in [0.25, 0.3) is 0 Å². The number of halogens is 1. The van der Waals surface area contributed by atoms with Gasteiger partial charge in [-0.15, -0.1) is 12.4 Å². The molecule has 0 radical (unpaired) electrons. The van der Waals surface area contributed by atoms with Crippen molar-refractivity contribution in [1.82, 2.24) is 15.2 Å². The summed E-state index contributed by atoms with van der Waals surface area (Å²) in [7, 11) is 1.42. The summed E-state index contributed by atoms with van der Waals surface area (Å²) in [6.07, 6.45) is 5.34. The summed E-state index contributed by atoms with van der Waals surface area (Å²) < 4.78 is 4.85. The Morgan fingerprint density at radius 3 is 2.85 bits per heavy atom. The molecule has 3 rings (SSSR count). The molecule has 1 fully saturated rings. The largest absolute Gasteiger partial charge is 0.465 e. The molecule has 1 aromatic heterocycles. The van der Waals surface area contributed by atoms with E-state index in [1.807, 2.05) is 30.5 Å². The molecule has 1 aliphatic rings. The number of nitrogens with one attached hydrogen (secondary N) is 1. The number of nitrogens with zero attached hydrogens (tertiary/aromatic N) is 2. The van der Waals surface area contributed by atoms with E-state index in [1.165, 1.54) is 20.0 Å². The van der Waals surface area contributed by atoms with Crippen LogP contribution < -0.4 is 5.32 Å². The molecule has 5 nitrogen and oxygen atoms in total. The van der Waals surface area contributed by atoms with Gasteiger partial charge in [-0.25, -0.2) is 4.79 Å². The summed E-state index contributed by atoms with van der Waals surface area (Å²) in [5.41, 5.74) is 2.81. The molecule has 0 spiro atoms. The molecule has 1 saturated heterocycles. The van der Waals surface area contributed by atoms with Gasteiger partial charge in [0.25, 0.3) is 0 Å². The molecule has 1 unspecified atom stereocenters. The van der Waals surface area contributed by atoms with Crippen LogP contribution in [0.1, 0.15) is 40.9 Å². The Balaban J connectivity index is 0.00000261. The van der Waals surface area contributed by atoms with Gasteiger partial charge >= 0.3 is 5.97 Å². The smallest absolute Gasteiger partial charge is 0.337 e. The van der Waals surface area contributed by atoms with Crippen molar-refractivity contribution in [2.24, 2.45) is 0 Å². The lowest BCUT2D eigenvalue weighted by Crippen LogP contribution is -2.35. The van der Waals surface area contributed by atoms with Gasteiger partial charge in [0.2, 0.25) is 0 Å². The number of esters is 1. The highest BCUT2D eigenvalue weighted by Gasteiger charge is 2.21. The summed E-state index contributed by atoms with van der Waals surface area (Å²) in [4.78, 5) is 18.8. The second-order valence-electron chi connectivity index (χ2n) is 6.75. The summed E-state index contributed by atoms with van der Waals surface area (Å²) in [6, 6.07) is 14.3. The van der Waals surface area contributed by atoms with E-state index in [0.29, 0.717) is 11.6 Å². The van der Waals surface area contributed by atoms with E-state index in [-0.39, 0.29) is 18.4 Å². The number of rotatable bonds is 6. The lowest BCUT2D eigenvalue weighted by Gasteiger charge is -2.31. The van der Waals surface area contributed by atoms with Crippen LogP contribution in [0.3, 0.4) is 0 Å². The second kappa shape index (κ2) is 11.0. The Morgan fingerprint density at radius 1 is 1.19 bits per heavy atom. The predicted octanol–water partition coefficient (Wildman–Crippen LogP) is 3.43. The topological polar surface area (TPSA) is 54.5 Å². The fourth-order valence-corrected chi connectivity index (χ4v) is 3.53. The van der Waals surface area contributed by atoms with Crippen molar-refractivity contribution in [3.63, 3.8) is 0 Å². The van der Waals surface area contributed by atoms with Crippen molar-refractivity contribution >= 4 is 18.4 Å². The summed E-state index contributed by atoms with van der Waals surface area (Å²) in [5, 5.41) is 3.49. The van der Waals surface area contributed by atoms with E-state index in [4.69, 9.17) is 4.74 Å². The number of methoxy groups -OCH3 is 1. The molecule has 1 N–H and O–H groups in total. The average Bonchev–Trinajstić information content (AvgIpc) is 2.97. The average molecular weight is 390 g/mol. The minimum Gasteiger partial charge on any atom is -0.465 e. The quantitative estimate of drug-likeness (QED) is 0.767. The van der Waals surface area contributed by atoms with Crippen LogP contribution >= 0.6 is 12.4 Å². The molecule has 2 aromatic rings. The van der Waals surface area contributed by atoms with Crippen LogP contribution in [0.5, 0.6) is 0 Å². The van der Waals surface area contributed by atoms with E-state index in [0.717, 1.165) is 43.9 Å². The van der Waals surface area contributed by atoms with Gasteiger partial charge in [0, 0.05) is 25.3 Å². The Hall–Kier alpha value is -1.95. The van der Waals surface area contributed by atoms with Crippen molar-refractivity contribution in [1.29, 1.82) is 0 Å². The number of carbonyl (C=O) groups is 1. The third-order valence-electron chi connectivity index (χ3n) is 4.89. The highest BCUT2D eigenvalue weighted by Crippen LogP contribution is 2.20. The number of aromatic nitrogens is 1. The zero-order chi connectivity index (χ0) is 18.2. The fourth-order valence-electron chi connectivity index (χ4n) is 3.53. The highest BCUT2D eigenvalue weighted by atomic mass is 35.5. The Morgan fingerprint density at radius 2 is 2.07 bits per heavy atom. The first-order chi connectivity index (χ1) is 12.8. The van der Waals surface area contributed by atoms with E-state index < -0.39 is 0 Å². The SMILES string of the molecule is COC(=O)c1cccc(CN(Cc2ccccn2)C2CCCNCC2)c1.Cl. The van der Waals surface area contributed by atoms with Gasteiger partial charge < -0.3 is 10.1 Å². The van der Waals surface area contributed by atoms with E-state index >= 15 is 0 Å². The van der Waals surface area contributed by atoms with Crippen LogP contribution in [0.15, 0.2) is 48.7 Å². The van der Waals surface area contributed by atoms with Gasteiger partial charge in [-0.2, -0.15) is 0 Å². The second-order valence-corrected chi connectivity index (χ2v) is 6.75. The third kappa shape index (κ3) is 6.31. The molecule has 2 heterocycles. The van der Waals surface area contributed by atoms with Crippen LogP contribution in [0, 0.1) is 0 Å². The first-order valence-electron chi connectivity index (χ1n) is 9.28. The van der Waals surface area contributed by atoms with E-state index in [1.54, 1.807) is 6.07 Å². The maximum atomic E-state index is 11.8. The zero-order valence-corrected chi connectivity index (χ0v) is 16.6. The molecular weight excluding hydrogens is 362 g/mol. The summed E-state index contributed by atoms with van der Waals surface area (Å²) >= 11 is 0. The van der Waals surface area contributed by atoms with Crippen molar-refractivity contribution in [3.05, 3.63) is 65.5 Å². The summed E-state index contributed by atoms with van der Waals surface area (Å²) in [6.45, 7) is 3.75. The Bertz CT molecular complexity index is 704. The van der Waals surface area contributed by atoms with Crippen LogP contribution in [0.2, 0.25) is 0 Å². The van der Waals surface area contributed by atoms with Crippen molar-refractivity contribution < 1.29 is 9.53 Å². The Kier molecular flexibility index (Phi) is 8.72. The van der Waals surface area contributed by atoms with Gasteiger partial charge in [-0.3, -0.25) is 9.88 Å². The molecule has 1 atom stereocenters. The van der Waals surface area contributed by atoms with Crippen LogP contribution in [-0.2, 0) is 17.8 Å². The van der Waals surface area contributed by atoms with Crippen LogP contribution in [-0.4, -0.2) is 42.1 Å². The van der Waals surface area contributed by atoms with Gasteiger partial charge in [-0.1, -0.05) is 18.2 Å². The minimum absolute atomic E-state index is 0. The van der Waals surface area contributed by atoms with Gasteiger partial charge in [0.1, 0.15) is 0 Å². The van der Waals surface area contributed by atoms with Crippen molar-refractivity contribution in [2.75, 3.05) is 20.2 Å². The normalized spacial score (nSPS) is 17.0. The lowest BCUT2D eigenvalue weighted by molar-refractivity contribution is 0.0600. The maximum Gasteiger partial charge on any atom is 0.337 e. The van der Waals surface area contributed by atoms with E-state index in [2.05, 4.69) is 27.3 Å². The third-order valence-corrected chi connectivity index (χ3v) is 4.89. The molecule has 6 heteroatoms. The molecule has 1 aromatic carbocycles. The van der Waals surface area contributed by atoms with Crippen molar-refractivity contribution in [3.8, 4) is 0 Å². The number of hydrogen-bond acceptors (Lipinski definition) is 5. The van der Waals surface area contributed by atoms with Crippen molar-refractivity contribution in [2.45, 2.75) is 38.4 Å². The molecule has 146 valence electrons. The lowest BCUT2D eigenvalue weighted by atomic mass is 10.0. The molecule has 0 aliphatic carbocycles. The predicted molar refractivity (Wildman–Crippen MR) is 109 cm³/mol. The van der Waals surface area contributed by atoms with Gasteiger partial charge in [0.05, 0.1) is 18.4 Å². The zero-order valence-electron chi connectivity index (χ0n) is 15.8. The molecule has 27 heavy (non-hydrogen) atoms. The first-order valence-corrected chi connectivity index (χ1v) is 9.28. The molecule has 1 aliphatic heterocycles. The minimum atomic E-state index is -0.290. The number of pyridine rings is 1. The summed E-state index contributed by atoms with van der Waals surface area (Å²) in [5.74, 6) is -0.290. The van der Waals surface area contributed by atoms with Gasteiger partial charge in [0.15, 0.2) is 0 Å². The number of benzene rings is 1. The van der Waals surface area contributed by atoms with Crippen LogP contribution in [0.4, 0.5) is 0 Å².